The van der Waals surface area contributed by atoms with Gasteiger partial charge in [0.2, 0.25) is 0 Å². The van der Waals surface area contributed by atoms with Crippen LogP contribution in [0.3, 0.4) is 0 Å². The van der Waals surface area contributed by atoms with Gasteiger partial charge in [-0.15, -0.1) is 0 Å². The van der Waals surface area contributed by atoms with Gasteiger partial charge >= 0.3 is 0 Å². The van der Waals surface area contributed by atoms with Crippen LogP contribution in [-0.2, 0) is 19.5 Å². The third-order valence-electron chi connectivity index (χ3n) is 4.24. The Balaban J connectivity index is 2.15. The predicted molar refractivity (Wildman–Crippen MR) is 84.3 cm³/mol. The molecule has 1 aromatic rings. The highest BCUT2D eigenvalue weighted by atomic mass is 35.5. The zero-order valence-corrected chi connectivity index (χ0v) is 13.7. The van der Waals surface area contributed by atoms with Gasteiger partial charge in [0.15, 0.2) is 0 Å². The molecule has 0 aliphatic carbocycles. The third kappa shape index (κ3) is 3.35. The molecule has 4 nitrogen and oxygen atoms in total. The summed E-state index contributed by atoms with van der Waals surface area (Å²) in [5, 5.41) is 8.99. The Labute approximate surface area is 127 Å². The van der Waals surface area contributed by atoms with E-state index in [2.05, 4.69) is 40.8 Å². The highest BCUT2D eigenvalue weighted by Crippen LogP contribution is 2.24. The molecule has 0 radical (unpaired) electrons. The number of nitrogens with zero attached hydrogens (tertiary/aromatic N) is 3. The molecule has 114 valence electrons. The van der Waals surface area contributed by atoms with Gasteiger partial charge < -0.3 is 5.32 Å². The van der Waals surface area contributed by atoms with Crippen LogP contribution in [0.2, 0.25) is 5.02 Å². The van der Waals surface area contributed by atoms with Crippen LogP contribution in [0.1, 0.15) is 45.0 Å². The fourth-order valence-electron chi connectivity index (χ4n) is 3.00. The summed E-state index contributed by atoms with van der Waals surface area (Å²) in [6.07, 6.45) is 3.44. The summed E-state index contributed by atoms with van der Waals surface area (Å²) < 4.78 is 2.07. The smallest absolute Gasteiger partial charge is 0.0863 e. The lowest BCUT2D eigenvalue weighted by molar-refractivity contribution is 0.162. The molecule has 1 aliphatic rings. The lowest BCUT2D eigenvalue weighted by Gasteiger charge is -2.34. The molecule has 1 unspecified atom stereocenters. The van der Waals surface area contributed by atoms with Crippen LogP contribution < -0.4 is 5.32 Å². The molecule has 1 aliphatic heterocycles. The molecule has 0 aromatic carbocycles. The van der Waals surface area contributed by atoms with E-state index in [1.807, 2.05) is 0 Å². The van der Waals surface area contributed by atoms with Gasteiger partial charge in [-0.1, -0.05) is 25.4 Å². The van der Waals surface area contributed by atoms with E-state index in [9.17, 15) is 0 Å². The first kappa shape index (κ1) is 15.8. The van der Waals surface area contributed by atoms with Crippen LogP contribution in [0.15, 0.2) is 0 Å². The van der Waals surface area contributed by atoms with Crippen molar-refractivity contribution in [3.8, 4) is 0 Å². The maximum Gasteiger partial charge on any atom is 0.0863 e. The van der Waals surface area contributed by atoms with E-state index < -0.39 is 0 Å². The number of likely N-dealkylation sites (N-methyl/N-ethyl adjacent to an activating group) is 1. The van der Waals surface area contributed by atoms with Gasteiger partial charge in [0.05, 0.1) is 16.4 Å². The van der Waals surface area contributed by atoms with Crippen molar-refractivity contribution in [2.45, 2.75) is 59.2 Å². The number of aromatic nitrogens is 2. The second-order valence-corrected chi connectivity index (χ2v) is 5.82. The summed E-state index contributed by atoms with van der Waals surface area (Å²) in [5.41, 5.74) is 2.21. The van der Waals surface area contributed by atoms with E-state index in [0.717, 1.165) is 49.9 Å². The molecule has 0 saturated carbocycles. The van der Waals surface area contributed by atoms with Gasteiger partial charge in [0, 0.05) is 25.7 Å². The lowest BCUT2D eigenvalue weighted by Crippen LogP contribution is -2.45. The number of aryl methyl sites for hydroxylation is 2. The maximum absolute atomic E-state index is 6.52. The fourth-order valence-corrected chi connectivity index (χ4v) is 3.33. The fraction of sp³-hybridized carbons (Fsp3) is 0.800. The number of rotatable bonds is 6. The Morgan fingerprint density at radius 3 is 2.75 bits per heavy atom. The van der Waals surface area contributed by atoms with Crippen molar-refractivity contribution in [3.05, 3.63) is 16.4 Å². The minimum absolute atomic E-state index is 0.620. The zero-order chi connectivity index (χ0) is 14.5. The molecule has 0 bridgehead atoms. The third-order valence-corrected chi connectivity index (χ3v) is 4.68. The van der Waals surface area contributed by atoms with Crippen molar-refractivity contribution in [1.29, 1.82) is 0 Å². The first-order valence-electron chi connectivity index (χ1n) is 7.90. The Kier molecular flexibility index (Phi) is 5.87. The minimum Gasteiger partial charge on any atom is -0.315 e. The summed E-state index contributed by atoms with van der Waals surface area (Å²) in [6.45, 7) is 11.6. The molecule has 5 heteroatoms. The molecule has 20 heavy (non-hydrogen) atoms. The molecule has 0 spiro atoms. The van der Waals surface area contributed by atoms with E-state index >= 15 is 0 Å². The van der Waals surface area contributed by atoms with E-state index in [1.165, 1.54) is 18.5 Å². The second-order valence-electron chi connectivity index (χ2n) is 5.44. The maximum atomic E-state index is 6.52. The molecule has 1 atom stereocenters. The van der Waals surface area contributed by atoms with Gasteiger partial charge in [0.1, 0.15) is 0 Å². The zero-order valence-electron chi connectivity index (χ0n) is 13.0. The van der Waals surface area contributed by atoms with Crippen molar-refractivity contribution in [2.75, 3.05) is 19.6 Å². The summed E-state index contributed by atoms with van der Waals surface area (Å²) in [6, 6.07) is 0.620. The lowest BCUT2D eigenvalue weighted by atomic mass is 10.1. The van der Waals surface area contributed by atoms with E-state index in [4.69, 9.17) is 11.6 Å². The SMILES string of the molecule is CCc1nn(CC)c(CN(CC)C2CCCNC2)c1Cl. The summed E-state index contributed by atoms with van der Waals surface area (Å²) in [5.74, 6) is 0. The molecular weight excluding hydrogens is 272 g/mol. The predicted octanol–water partition coefficient (Wildman–Crippen LogP) is 2.69. The Hall–Kier alpha value is -0.580. The van der Waals surface area contributed by atoms with Crippen LogP contribution >= 0.6 is 11.6 Å². The van der Waals surface area contributed by atoms with Crippen LogP contribution in [0, 0.1) is 0 Å². The average Bonchev–Trinajstić information content (AvgIpc) is 2.81. The van der Waals surface area contributed by atoms with Gasteiger partial charge in [0.25, 0.3) is 0 Å². The minimum atomic E-state index is 0.620. The molecule has 0 amide bonds. The number of hydrogen-bond acceptors (Lipinski definition) is 3. The van der Waals surface area contributed by atoms with Gasteiger partial charge in [-0.05, 0) is 39.3 Å². The van der Waals surface area contributed by atoms with Crippen molar-refractivity contribution in [2.24, 2.45) is 0 Å². The molecule has 2 heterocycles. The van der Waals surface area contributed by atoms with Crippen LogP contribution in [-0.4, -0.2) is 40.4 Å². The highest BCUT2D eigenvalue weighted by molar-refractivity contribution is 6.31. The van der Waals surface area contributed by atoms with Crippen LogP contribution in [0.4, 0.5) is 0 Å². The van der Waals surface area contributed by atoms with Crippen LogP contribution in [0.5, 0.6) is 0 Å². The van der Waals surface area contributed by atoms with Crippen LogP contribution in [0.25, 0.3) is 0 Å². The molecular formula is C15H27ClN4. The Morgan fingerprint density at radius 2 is 2.20 bits per heavy atom. The highest BCUT2D eigenvalue weighted by Gasteiger charge is 2.23. The summed E-state index contributed by atoms with van der Waals surface area (Å²) in [4.78, 5) is 2.53. The number of nitrogens with one attached hydrogen (secondary N) is 1. The van der Waals surface area contributed by atoms with Gasteiger partial charge in [-0.3, -0.25) is 9.58 Å². The number of halogens is 1. The topological polar surface area (TPSA) is 33.1 Å². The van der Waals surface area contributed by atoms with E-state index in [-0.39, 0.29) is 0 Å². The standard InChI is InChI=1S/C15H27ClN4/c1-4-13-15(16)14(20(6-3)18-13)11-19(5-2)12-8-7-9-17-10-12/h12,17H,4-11H2,1-3H3. The molecule has 1 saturated heterocycles. The Morgan fingerprint density at radius 1 is 1.40 bits per heavy atom. The van der Waals surface area contributed by atoms with Gasteiger partial charge in [-0.25, -0.2) is 0 Å². The number of piperidine rings is 1. The van der Waals surface area contributed by atoms with E-state index in [1.54, 1.807) is 0 Å². The number of hydrogen-bond donors (Lipinski definition) is 1. The molecule has 1 N–H and O–H groups in total. The molecule has 1 aromatic heterocycles. The molecule has 1 fully saturated rings. The Bertz CT molecular complexity index is 424. The van der Waals surface area contributed by atoms with Gasteiger partial charge in [-0.2, -0.15) is 5.10 Å². The summed E-state index contributed by atoms with van der Waals surface area (Å²) >= 11 is 6.52. The first-order valence-corrected chi connectivity index (χ1v) is 8.27. The largest absolute Gasteiger partial charge is 0.315 e. The van der Waals surface area contributed by atoms with Crippen molar-refractivity contribution in [1.82, 2.24) is 20.0 Å². The molecule has 2 rings (SSSR count). The second kappa shape index (κ2) is 7.43. The normalized spacial score (nSPS) is 19.8. The van der Waals surface area contributed by atoms with E-state index in [0.29, 0.717) is 6.04 Å². The quantitative estimate of drug-likeness (QED) is 0.876. The average molecular weight is 299 g/mol. The monoisotopic (exact) mass is 298 g/mol. The first-order chi connectivity index (χ1) is 9.71. The van der Waals surface area contributed by atoms with Crippen molar-refractivity contribution in [3.63, 3.8) is 0 Å². The summed E-state index contributed by atoms with van der Waals surface area (Å²) in [7, 11) is 0. The van der Waals surface area contributed by atoms with Crippen molar-refractivity contribution < 1.29 is 0 Å². The van der Waals surface area contributed by atoms with Crippen molar-refractivity contribution >= 4 is 11.6 Å².